The van der Waals surface area contributed by atoms with E-state index in [1.54, 1.807) is 0 Å². The van der Waals surface area contributed by atoms with Crippen LogP contribution in [0.5, 0.6) is 0 Å². The van der Waals surface area contributed by atoms with E-state index in [0.717, 1.165) is 37.9 Å². The summed E-state index contributed by atoms with van der Waals surface area (Å²) < 4.78 is 23.2. The lowest BCUT2D eigenvalue weighted by Gasteiger charge is -2.65. The molecular weight excluding hydrogens is 536 g/mol. The Kier molecular flexibility index (Phi) is 9.09. The minimum Gasteiger partial charge on any atom is -0.481 e. The molecule has 8 nitrogen and oxygen atoms in total. The van der Waals surface area contributed by atoms with Crippen molar-refractivity contribution in [2.75, 3.05) is 13.7 Å². The van der Waals surface area contributed by atoms with Crippen LogP contribution in [0.4, 0.5) is 4.79 Å². The monoisotopic (exact) mass is 586 g/mol. The molecule has 4 aliphatic rings. The largest absolute Gasteiger partial charge is 0.508 e. The molecule has 1 unspecified atom stereocenters. The van der Waals surface area contributed by atoms with Crippen LogP contribution in [0.25, 0.3) is 0 Å². The number of esters is 1. The van der Waals surface area contributed by atoms with Gasteiger partial charge in [-0.1, -0.05) is 56.2 Å². The Labute approximate surface area is 250 Å². The molecule has 1 aliphatic heterocycles. The van der Waals surface area contributed by atoms with Crippen molar-refractivity contribution < 1.29 is 38.4 Å². The number of ether oxygens (including phenoxy) is 4. The van der Waals surface area contributed by atoms with E-state index in [-0.39, 0.29) is 29.8 Å². The SMILES string of the molecule is C=C(C)C1C[C@@H](OC(=O)OC)[C@@]2(C)C3=CC[C@@H]([C@H]4CO[C@H](C=C(C)C)C4)[C@]3(C)CC[C@@H]2[C@@]1(C)[C@H](CC(=O)O)OC(C)=O. The topological polar surface area (TPSA) is 108 Å². The third-order valence-electron chi connectivity index (χ3n) is 11.4. The van der Waals surface area contributed by atoms with Gasteiger partial charge in [0.1, 0.15) is 12.2 Å². The van der Waals surface area contributed by atoms with E-state index >= 15 is 0 Å². The number of aliphatic carboxylic acids is 1. The normalized spacial score (nSPS) is 39.7. The first kappa shape index (κ1) is 32.3. The zero-order valence-corrected chi connectivity index (χ0v) is 26.7. The van der Waals surface area contributed by atoms with Crippen molar-refractivity contribution in [3.63, 3.8) is 0 Å². The number of fused-ring (bicyclic) bond motifs is 3. The number of carbonyl (C=O) groups is 3. The third-order valence-corrected chi connectivity index (χ3v) is 11.4. The number of rotatable bonds is 8. The van der Waals surface area contributed by atoms with Gasteiger partial charge in [0, 0.05) is 17.8 Å². The molecular formula is C34H50O8. The van der Waals surface area contributed by atoms with Crippen molar-refractivity contribution in [3.8, 4) is 0 Å². The van der Waals surface area contributed by atoms with Crippen molar-refractivity contribution in [1.82, 2.24) is 0 Å². The van der Waals surface area contributed by atoms with Crippen LogP contribution in [0.3, 0.4) is 0 Å². The molecule has 0 spiro atoms. The van der Waals surface area contributed by atoms with E-state index in [9.17, 15) is 19.5 Å². The standard InChI is InChI=1S/C34H50O8/c1-19(2)14-23-15-22(18-40-23)24-10-11-26-32(24,6)13-12-27-33(7,29(17-30(36)37)41-21(5)35)25(20(3)4)16-28(34(26,27)8)42-31(38)39-9/h11,14,22-25,27-29H,3,10,12-13,15-18H2,1-2,4-9H3,(H,36,37)/t22-,23-,24+,25?,27-,28-,29+,32+,33+,34+/m1/s1. The van der Waals surface area contributed by atoms with Crippen molar-refractivity contribution in [2.24, 2.45) is 39.9 Å². The molecule has 2 saturated carbocycles. The van der Waals surface area contributed by atoms with Crippen LogP contribution in [0.2, 0.25) is 0 Å². The first-order valence-electron chi connectivity index (χ1n) is 15.4. The number of allylic oxidation sites excluding steroid dienone is 3. The maximum Gasteiger partial charge on any atom is 0.508 e. The zero-order valence-electron chi connectivity index (χ0n) is 26.7. The Morgan fingerprint density at radius 2 is 1.86 bits per heavy atom. The van der Waals surface area contributed by atoms with Crippen molar-refractivity contribution in [2.45, 2.75) is 105 Å². The van der Waals surface area contributed by atoms with Gasteiger partial charge < -0.3 is 24.1 Å². The van der Waals surface area contributed by atoms with Crippen LogP contribution >= 0.6 is 0 Å². The fourth-order valence-electron chi connectivity index (χ4n) is 9.76. The fourth-order valence-corrected chi connectivity index (χ4v) is 9.76. The Morgan fingerprint density at radius 3 is 2.43 bits per heavy atom. The summed E-state index contributed by atoms with van der Waals surface area (Å²) in [6.45, 7) is 19.0. The zero-order chi connectivity index (χ0) is 31.2. The van der Waals surface area contributed by atoms with Gasteiger partial charge in [0.25, 0.3) is 0 Å². The minimum absolute atomic E-state index is 0.129. The number of methoxy groups -OCH3 is 1. The predicted molar refractivity (Wildman–Crippen MR) is 159 cm³/mol. The summed E-state index contributed by atoms with van der Waals surface area (Å²) in [6.07, 6.45) is 6.27. The smallest absolute Gasteiger partial charge is 0.481 e. The van der Waals surface area contributed by atoms with Crippen LogP contribution in [0, 0.1) is 39.9 Å². The predicted octanol–water partition coefficient (Wildman–Crippen LogP) is 6.89. The molecule has 8 heteroatoms. The number of hydrogen-bond acceptors (Lipinski definition) is 7. The summed E-state index contributed by atoms with van der Waals surface area (Å²) in [5, 5.41) is 9.93. The van der Waals surface area contributed by atoms with Crippen LogP contribution < -0.4 is 0 Å². The second-order valence-corrected chi connectivity index (χ2v) is 14.1. The highest BCUT2D eigenvalue weighted by molar-refractivity contribution is 5.70. The van der Waals surface area contributed by atoms with Gasteiger partial charge >= 0.3 is 18.1 Å². The van der Waals surface area contributed by atoms with E-state index in [1.165, 1.54) is 25.2 Å². The van der Waals surface area contributed by atoms with E-state index in [1.807, 2.05) is 6.92 Å². The van der Waals surface area contributed by atoms with E-state index in [0.29, 0.717) is 18.3 Å². The molecule has 0 amide bonds. The number of carbonyl (C=O) groups excluding carboxylic acids is 2. The molecule has 4 rings (SSSR count). The number of carboxylic acid groups (broad SMARTS) is 1. The quantitative estimate of drug-likeness (QED) is 0.242. The third kappa shape index (κ3) is 5.44. The Balaban J connectivity index is 1.81. The molecule has 0 aromatic heterocycles. The first-order chi connectivity index (χ1) is 19.6. The molecule has 10 atom stereocenters. The molecule has 1 saturated heterocycles. The van der Waals surface area contributed by atoms with Gasteiger partial charge in [-0.2, -0.15) is 0 Å². The van der Waals surface area contributed by atoms with E-state index in [4.69, 9.17) is 18.9 Å². The van der Waals surface area contributed by atoms with Crippen molar-refractivity contribution in [1.29, 1.82) is 0 Å². The van der Waals surface area contributed by atoms with Crippen LogP contribution in [0.1, 0.15) is 87.0 Å². The molecule has 3 aliphatic carbocycles. The lowest BCUT2D eigenvalue weighted by Crippen LogP contribution is -2.65. The second-order valence-electron chi connectivity index (χ2n) is 14.1. The average molecular weight is 587 g/mol. The van der Waals surface area contributed by atoms with Crippen LogP contribution in [-0.4, -0.2) is 55.2 Å². The summed E-state index contributed by atoms with van der Waals surface area (Å²) >= 11 is 0. The van der Waals surface area contributed by atoms with Gasteiger partial charge in [-0.3, -0.25) is 9.59 Å². The van der Waals surface area contributed by atoms with E-state index in [2.05, 4.69) is 53.3 Å². The summed E-state index contributed by atoms with van der Waals surface area (Å²) in [5.74, 6) is -1.13. The van der Waals surface area contributed by atoms with Gasteiger partial charge in [0.2, 0.25) is 0 Å². The number of carboxylic acids is 1. The molecule has 0 aromatic carbocycles. The van der Waals surface area contributed by atoms with Gasteiger partial charge in [-0.15, -0.1) is 0 Å². The maximum atomic E-state index is 12.7. The van der Waals surface area contributed by atoms with Crippen molar-refractivity contribution >= 4 is 18.1 Å². The molecule has 234 valence electrons. The minimum atomic E-state index is -1.02. The number of hydrogen-bond donors (Lipinski definition) is 1. The molecule has 0 bridgehead atoms. The van der Waals surface area contributed by atoms with Crippen molar-refractivity contribution in [3.05, 3.63) is 35.5 Å². The average Bonchev–Trinajstić information content (AvgIpc) is 3.48. The Morgan fingerprint density at radius 1 is 1.17 bits per heavy atom. The Hall–Kier alpha value is -2.61. The second kappa shape index (κ2) is 11.8. The van der Waals surface area contributed by atoms with E-state index < -0.39 is 41.1 Å². The fraction of sp³-hybridized carbons (Fsp3) is 0.735. The van der Waals surface area contributed by atoms with Crippen LogP contribution in [-0.2, 0) is 28.5 Å². The highest BCUT2D eigenvalue weighted by Gasteiger charge is 2.69. The molecule has 1 N–H and O–H groups in total. The van der Waals surface area contributed by atoms with Crippen LogP contribution in [0.15, 0.2) is 35.5 Å². The highest BCUT2D eigenvalue weighted by Crippen LogP contribution is 2.72. The summed E-state index contributed by atoms with van der Waals surface area (Å²) in [4.78, 5) is 37.2. The molecule has 3 fully saturated rings. The molecule has 0 aromatic rings. The van der Waals surface area contributed by atoms with Gasteiger partial charge in [-0.25, -0.2) is 4.79 Å². The summed E-state index contributed by atoms with van der Waals surface area (Å²) in [5.41, 5.74) is 1.83. The lowest BCUT2D eigenvalue weighted by molar-refractivity contribution is -0.199. The van der Waals surface area contributed by atoms with Gasteiger partial charge in [0.15, 0.2) is 0 Å². The first-order valence-corrected chi connectivity index (χ1v) is 15.4. The molecule has 0 radical (unpaired) electrons. The molecule has 42 heavy (non-hydrogen) atoms. The molecule has 1 heterocycles. The summed E-state index contributed by atoms with van der Waals surface area (Å²) in [7, 11) is 1.31. The van der Waals surface area contributed by atoms with Gasteiger partial charge in [0.05, 0.1) is 26.2 Å². The Bertz CT molecular complexity index is 1150. The van der Waals surface area contributed by atoms with Gasteiger partial charge in [-0.05, 0) is 82.0 Å². The highest BCUT2D eigenvalue weighted by atomic mass is 16.7. The summed E-state index contributed by atoms with van der Waals surface area (Å²) in [6, 6.07) is 0. The lowest BCUT2D eigenvalue weighted by atomic mass is 9.40. The maximum absolute atomic E-state index is 12.7.